The minimum atomic E-state index is -0.977. The third-order valence-corrected chi connectivity index (χ3v) is 7.11. The first-order valence-electron chi connectivity index (χ1n) is 12.2. The summed E-state index contributed by atoms with van der Waals surface area (Å²) in [4.78, 5) is 30.3. The maximum absolute atomic E-state index is 13.4. The van der Waals surface area contributed by atoms with Crippen LogP contribution in [0.2, 0.25) is 10.0 Å². The zero-order valence-corrected chi connectivity index (χ0v) is 23.5. The van der Waals surface area contributed by atoms with Crippen molar-refractivity contribution >= 4 is 40.7 Å². The number of aromatic hydroxyl groups is 1. The van der Waals surface area contributed by atoms with Gasteiger partial charge in [-0.1, -0.05) is 43.1 Å². The number of ether oxygens (including phenoxy) is 3. The van der Waals surface area contributed by atoms with Gasteiger partial charge in [0.1, 0.15) is 10.8 Å². The lowest BCUT2D eigenvalue weighted by Gasteiger charge is -2.28. The molecule has 206 valence electrons. The molecule has 2 N–H and O–H groups in total. The molecule has 1 heterocycles. The van der Waals surface area contributed by atoms with Crippen molar-refractivity contribution in [3.63, 3.8) is 0 Å². The number of benzene rings is 2. The number of aliphatic hydroxyl groups is 1. The van der Waals surface area contributed by atoms with E-state index < -0.39 is 23.5 Å². The minimum Gasteiger partial charge on any atom is -0.507 e. The number of hydrogen-bond donors (Lipinski definition) is 2. The van der Waals surface area contributed by atoms with Crippen LogP contribution in [0.15, 0.2) is 29.8 Å². The molecule has 1 unspecified atom stereocenters. The first kappa shape index (κ1) is 29.4. The Hall–Kier alpha value is -3.14. The summed E-state index contributed by atoms with van der Waals surface area (Å²) in [5.74, 6) is -1.88. The number of rotatable bonds is 11. The van der Waals surface area contributed by atoms with Gasteiger partial charge in [0.25, 0.3) is 11.7 Å². The molecule has 11 heteroatoms. The number of likely N-dealkylation sites (tertiary alicyclic amines) is 1. The zero-order chi connectivity index (χ0) is 28.1. The van der Waals surface area contributed by atoms with Gasteiger partial charge in [-0.3, -0.25) is 9.59 Å². The number of halogens is 2. The quantitative estimate of drug-likeness (QED) is 0.225. The van der Waals surface area contributed by atoms with Crippen molar-refractivity contribution in [2.75, 3.05) is 47.0 Å². The molecule has 38 heavy (non-hydrogen) atoms. The molecule has 0 saturated carbocycles. The fourth-order valence-electron chi connectivity index (χ4n) is 4.51. The number of nitrogens with zero attached hydrogens (tertiary/aromatic N) is 2. The smallest absolute Gasteiger partial charge is 0.295 e. The van der Waals surface area contributed by atoms with E-state index in [-0.39, 0.29) is 50.7 Å². The second-order valence-electron chi connectivity index (χ2n) is 8.47. The number of amides is 1. The third-order valence-electron chi connectivity index (χ3n) is 6.49. The number of aliphatic hydroxyl groups excluding tert-OH is 1. The van der Waals surface area contributed by atoms with Crippen molar-refractivity contribution in [2.45, 2.75) is 26.8 Å². The Bertz CT molecular complexity index is 1240. The molecule has 1 saturated heterocycles. The summed E-state index contributed by atoms with van der Waals surface area (Å²) < 4.78 is 16.2. The van der Waals surface area contributed by atoms with Crippen LogP contribution in [0.4, 0.5) is 0 Å². The lowest BCUT2D eigenvalue weighted by atomic mass is 9.94. The number of phenolic OH excluding ortho intramolecular Hbond substituents is 1. The van der Waals surface area contributed by atoms with E-state index in [1.807, 2.05) is 13.8 Å². The molecule has 0 aliphatic carbocycles. The Labute approximate surface area is 232 Å². The summed E-state index contributed by atoms with van der Waals surface area (Å²) in [6.07, 6.45) is 0. The van der Waals surface area contributed by atoms with Crippen molar-refractivity contribution < 1.29 is 34.0 Å². The van der Waals surface area contributed by atoms with Crippen LogP contribution in [0.5, 0.6) is 23.0 Å². The van der Waals surface area contributed by atoms with E-state index in [4.69, 9.17) is 37.4 Å². The van der Waals surface area contributed by atoms with Gasteiger partial charge in [0.15, 0.2) is 23.0 Å². The third kappa shape index (κ3) is 5.50. The van der Waals surface area contributed by atoms with Gasteiger partial charge in [0.2, 0.25) is 0 Å². The van der Waals surface area contributed by atoms with Gasteiger partial charge in [-0.15, -0.1) is 0 Å². The molecule has 1 aliphatic heterocycles. The lowest BCUT2D eigenvalue weighted by molar-refractivity contribution is -0.140. The van der Waals surface area contributed by atoms with Gasteiger partial charge < -0.3 is 34.2 Å². The van der Waals surface area contributed by atoms with E-state index in [0.717, 1.165) is 13.1 Å². The molecule has 2 aromatic carbocycles. The molecule has 0 radical (unpaired) electrons. The van der Waals surface area contributed by atoms with Crippen LogP contribution >= 0.6 is 23.2 Å². The van der Waals surface area contributed by atoms with Crippen LogP contribution in [0.3, 0.4) is 0 Å². The van der Waals surface area contributed by atoms with Gasteiger partial charge >= 0.3 is 0 Å². The second-order valence-corrected chi connectivity index (χ2v) is 9.25. The molecule has 9 nitrogen and oxygen atoms in total. The Balaban J connectivity index is 2.27. The van der Waals surface area contributed by atoms with E-state index in [9.17, 15) is 19.8 Å². The maximum atomic E-state index is 13.4. The molecule has 1 aliphatic rings. The maximum Gasteiger partial charge on any atom is 0.295 e. The highest BCUT2D eigenvalue weighted by atomic mass is 35.5. The predicted octanol–water partition coefficient (Wildman–Crippen LogP) is 4.88. The zero-order valence-electron chi connectivity index (χ0n) is 22.0. The van der Waals surface area contributed by atoms with E-state index in [2.05, 4.69) is 4.90 Å². The topological polar surface area (TPSA) is 109 Å². The number of phenols is 1. The molecule has 0 spiro atoms. The van der Waals surface area contributed by atoms with Crippen molar-refractivity contribution in [2.24, 2.45) is 0 Å². The van der Waals surface area contributed by atoms with Crippen molar-refractivity contribution in [1.82, 2.24) is 9.80 Å². The largest absolute Gasteiger partial charge is 0.507 e. The summed E-state index contributed by atoms with van der Waals surface area (Å²) in [6, 6.07) is 4.94. The number of ketones is 1. The summed E-state index contributed by atoms with van der Waals surface area (Å²) in [5, 5.41) is 21.9. The highest BCUT2D eigenvalue weighted by Crippen LogP contribution is 2.47. The van der Waals surface area contributed by atoms with Crippen LogP contribution < -0.4 is 14.2 Å². The van der Waals surface area contributed by atoms with Crippen LogP contribution in [0.1, 0.15) is 37.9 Å². The van der Waals surface area contributed by atoms with Gasteiger partial charge in [-0.05, 0) is 43.8 Å². The van der Waals surface area contributed by atoms with Crippen molar-refractivity contribution in [1.29, 1.82) is 0 Å². The van der Waals surface area contributed by atoms with Gasteiger partial charge in [0, 0.05) is 13.1 Å². The van der Waals surface area contributed by atoms with Crippen LogP contribution in [0.25, 0.3) is 5.76 Å². The van der Waals surface area contributed by atoms with Gasteiger partial charge in [-0.2, -0.15) is 0 Å². The number of likely N-dealkylation sites (N-methyl/N-ethyl adjacent to an activating group) is 1. The predicted molar refractivity (Wildman–Crippen MR) is 146 cm³/mol. The summed E-state index contributed by atoms with van der Waals surface area (Å²) in [5.41, 5.74) is 0.327. The van der Waals surface area contributed by atoms with Crippen molar-refractivity contribution in [3.8, 4) is 23.0 Å². The Morgan fingerprint density at radius 3 is 2.29 bits per heavy atom. The lowest BCUT2D eigenvalue weighted by Crippen LogP contribution is -2.38. The molecule has 3 rings (SSSR count). The molecule has 1 fully saturated rings. The van der Waals surface area contributed by atoms with E-state index in [1.54, 1.807) is 19.1 Å². The molecular formula is C27H32Cl2N2O7. The first-order valence-corrected chi connectivity index (χ1v) is 13.0. The van der Waals surface area contributed by atoms with Crippen LogP contribution in [0, 0.1) is 0 Å². The number of carbonyl (C=O) groups excluding carboxylic acids is 2. The monoisotopic (exact) mass is 566 g/mol. The Morgan fingerprint density at radius 2 is 1.71 bits per heavy atom. The molecule has 1 amide bonds. The van der Waals surface area contributed by atoms with E-state index in [0.29, 0.717) is 18.7 Å². The van der Waals surface area contributed by atoms with E-state index in [1.165, 1.54) is 31.3 Å². The Morgan fingerprint density at radius 1 is 1.05 bits per heavy atom. The molecule has 0 bridgehead atoms. The van der Waals surface area contributed by atoms with Gasteiger partial charge in [0.05, 0.1) is 43.0 Å². The first-order chi connectivity index (χ1) is 18.1. The minimum absolute atomic E-state index is 0.000345. The average Bonchev–Trinajstić information content (AvgIpc) is 3.15. The van der Waals surface area contributed by atoms with E-state index >= 15 is 0 Å². The summed E-state index contributed by atoms with van der Waals surface area (Å²) in [7, 11) is 2.73. The summed E-state index contributed by atoms with van der Waals surface area (Å²) in [6.45, 7) is 8.33. The molecule has 1 atom stereocenters. The molecule has 0 aromatic heterocycles. The fraction of sp³-hybridized carbons (Fsp3) is 0.407. The highest BCUT2D eigenvalue weighted by molar-refractivity contribution is 6.47. The molecular weight excluding hydrogens is 535 g/mol. The molecule has 2 aromatic rings. The number of hydrogen-bond acceptors (Lipinski definition) is 8. The SMILES string of the molecule is CCOc1cc(C2/C(=C(\O)c3cc(Cl)c(OC)c(Cl)c3OC)C(=O)C(=O)N2CCN(CC)CC)ccc1O. The van der Waals surface area contributed by atoms with Gasteiger partial charge in [-0.25, -0.2) is 0 Å². The standard InChI is InChI=1S/C27H32Cl2N2O7/c1-6-30(7-2)11-12-31-22(15-9-10-18(32)19(13-15)38-8-3)20(24(34)27(31)35)23(33)16-14-17(28)26(37-5)21(29)25(16)36-4/h9-10,13-14,22,32-33H,6-8,11-12H2,1-5H3/b23-20+. The van der Waals surface area contributed by atoms with Crippen LogP contribution in [-0.4, -0.2) is 78.7 Å². The number of methoxy groups -OCH3 is 2. The van der Waals surface area contributed by atoms with Crippen LogP contribution in [-0.2, 0) is 9.59 Å². The number of Topliss-reactive ketones (excluding diaryl/α,β-unsaturated/α-hetero) is 1. The number of carbonyl (C=O) groups is 2. The Kier molecular flexibility index (Phi) is 9.76. The normalized spacial score (nSPS) is 16.8. The highest BCUT2D eigenvalue weighted by Gasteiger charge is 2.46. The fourth-order valence-corrected chi connectivity index (χ4v) is 5.20. The second kappa shape index (κ2) is 12.6. The summed E-state index contributed by atoms with van der Waals surface area (Å²) >= 11 is 12.8. The van der Waals surface area contributed by atoms with Crippen molar-refractivity contribution in [3.05, 3.63) is 51.0 Å². The average molecular weight is 567 g/mol.